The highest BCUT2D eigenvalue weighted by atomic mass is 16.4. The first-order valence-corrected chi connectivity index (χ1v) is 3.52. The summed E-state index contributed by atoms with van der Waals surface area (Å²) < 4.78 is 0. The molecule has 0 heterocycles. The smallest absolute Gasteiger partial charge is 0.310 e. The van der Waals surface area contributed by atoms with Gasteiger partial charge in [-0.1, -0.05) is 6.42 Å². The summed E-state index contributed by atoms with van der Waals surface area (Å²) in [6.07, 6.45) is 1.62. The number of hydrogen-bond acceptors (Lipinski definition) is 2. The number of carboxylic acid groups (broad SMARTS) is 2. The van der Waals surface area contributed by atoms with E-state index in [1.165, 1.54) is 0 Å². The van der Waals surface area contributed by atoms with E-state index in [2.05, 4.69) is 0 Å². The van der Waals surface area contributed by atoms with Crippen molar-refractivity contribution in [1.82, 2.24) is 0 Å². The molecule has 62 valence electrons. The van der Waals surface area contributed by atoms with E-state index < -0.39 is 17.4 Å². The van der Waals surface area contributed by atoms with Crippen LogP contribution in [0.1, 0.15) is 25.7 Å². The van der Waals surface area contributed by atoms with Crippen LogP contribution in [-0.2, 0) is 9.59 Å². The van der Waals surface area contributed by atoms with Gasteiger partial charge < -0.3 is 10.2 Å². The summed E-state index contributed by atoms with van der Waals surface area (Å²) in [5, 5.41) is 17.1. The molecule has 0 unspecified atom stereocenters. The maximum atomic E-state index is 10.6. The molecule has 0 aromatic rings. The van der Waals surface area contributed by atoms with Crippen molar-refractivity contribution in [2.24, 2.45) is 5.41 Å². The van der Waals surface area contributed by atoms with E-state index in [4.69, 9.17) is 10.2 Å². The molecular weight excluding hydrogens is 148 g/mol. The summed E-state index contributed by atoms with van der Waals surface area (Å²) >= 11 is 0. The molecule has 0 atom stereocenters. The first-order chi connectivity index (χ1) is 5.07. The fourth-order valence-electron chi connectivity index (χ4n) is 1.36. The molecule has 0 aromatic carbocycles. The normalized spacial score (nSPS) is 20.4. The lowest BCUT2D eigenvalue weighted by atomic mass is 9.67. The van der Waals surface area contributed by atoms with Gasteiger partial charge in [0.1, 0.15) is 0 Å². The highest BCUT2D eigenvalue weighted by Crippen LogP contribution is 2.44. The lowest BCUT2D eigenvalue weighted by Crippen LogP contribution is -2.39. The monoisotopic (exact) mass is 158 g/mol. The van der Waals surface area contributed by atoms with Gasteiger partial charge in [-0.3, -0.25) is 9.59 Å². The van der Waals surface area contributed by atoms with Crippen LogP contribution in [0.4, 0.5) is 0 Å². The van der Waals surface area contributed by atoms with Gasteiger partial charge in [0.15, 0.2) is 0 Å². The van der Waals surface area contributed by atoms with Gasteiger partial charge in [0, 0.05) is 0 Å². The maximum absolute atomic E-state index is 10.6. The SMILES string of the molecule is O=C(O)CC1(C(=O)O)CCC1. The Labute approximate surface area is 63.8 Å². The van der Waals surface area contributed by atoms with Crippen LogP contribution in [-0.4, -0.2) is 22.2 Å². The molecule has 4 nitrogen and oxygen atoms in total. The molecular formula is C7H10O4. The number of rotatable bonds is 3. The summed E-state index contributed by atoms with van der Waals surface area (Å²) in [6.45, 7) is 0. The van der Waals surface area contributed by atoms with Crippen molar-refractivity contribution in [1.29, 1.82) is 0 Å². The van der Waals surface area contributed by atoms with Crippen molar-refractivity contribution in [3.8, 4) is 0 Å². The largest absolute Gasteiger partial charge is 0.481 e. The van der Waals surface area contributed by atoms with Gasteiger partial charge in [-0.15, -0.1) is 0 Å². The second-order valence-electron chi connectivity index (χ2n) is 3.01. The second kappa shape index (κ2) is 2.53. The van der Waals surface area contributed by atoms with E-state index in [9.17, 15) is 9.59 Å². The number of carboxylic acids is 2. The van der Waals surface area contributed by atoms with Crippen molar-refractivity contribution < 1.29 is 19.8 Å². The second-order valence-corrected chi connectivity index (χ2v) is 3.01. The summed E-state index contributed by atoms with van der Waals surface area (Å²) in [5.74, 6) is -1.99. The van der Waals surface area contributed by atoms with Crippen molar-refractivity contribution in [2.75, 3.05) is 0 Å². The molecule has 1 fully saturated rings. The van der Waals surface area contributed by atoms with Crippen molar-refractivity contribution in [3.05, 3.63) is 0 Å². The highest BCUT2D eigenvalue weighted by Gasteiger charge is 2.45. The van der Waals surface area contributed by atoms with Crippen LogP contribution in [0.3, 0.4) is 0 Å². The Hall–Kier alpha value is -1.06. The van der Waals surface area contributed by atoms with Crippen molar-refractivity contribution >= 4 is 11.9 Å². The molecule has 1 aliphatic carbocycles. The Morgan fingerprint density at radius 3 is 1.91 bits per heavy atom. The zero-order valence-corrected chi connectivity index (χ0v) is 6.04. The van der Waals surface area contributed by atoms with Gasteiger partial charge in [-0.2, -0.15) is 0 Å². The van der Waals surface area contributed by atoms with E-state index in [1.807, 2.05) is 0 Å². The molecule has 0 radical (unpaired) electrons. The van der Waals surface area contributed by atoms with Crippen LogP contribution in [0.5, 0.6) is 0 Å². The molecule has 0 saturated heterocycles. The standard InChI is InChI=1S/C7H10O4/c8-5(9)4-7(6(10)11)2-1-3-7/h1-4H2,(H,8,9)(H,10,11). The first kappa shape index (κ1) is 8.04. The molecule has 0 amide bonds. The number of hydrogen-bond donors (Lipinski definition) is 2. The fraction of sp³-hybridized carbons (Fsp3) is 0.714. The Morgan fingerprint density at radius 2 is 1.82 bits per heavy atom. The average molecular weight is 158 g/mol. The van der Waals surface area contributed by atoms with Crippen molar-refractivity contribution in [2.45, 2.75) is 25.7 Å². The predicted molar refractivity (Wildman–Crippen MR) is 36.2 cm³/mol. The Balaban J connectivity index is 2.61. The molecule has 11 heavy (non-hydrogen) atoms. The third-order valence-corrected chi connectivity index (χ3v) is 2.25. The molecule has 0 bridgehead atoms. The molecule has 0 aromatic heterocycles. The Bertz CT molecular complexity index is 193. The molecule has 1 aliphatic rings. The average Bonchev–Trinajstić information content (AvgIpc) is 1.77. The van der Waals surface area contributed by atoms with Crippen LogP contribution in [0.25, 0.3) is 0 Å². The quantitative estimate of drug-likeness (QED) is 0.634. The van der Waals surface area contributed by atoms with Gasteiger partial charge in [0.05, 0.1) is 11.8 Å². The number of aliphatic carboxylic acids is 2. The summed E-state index contributed by atoms with van der Waals surface area (Å²) in [6, 6.07) is 0. The van der Waals surface area contributed by atoms with Crippen LogP contribution < -0.4 is 0 Å². The fourth-order valence-corrected chi connectivity index (χ4v) is 1.36. The molecule has 2 N–H and O–H groups in total. The first-order valence-electron chi connectivity index (χ1n) is 3.52. The van der Waals surface area contributed by atoms with Crippen LogP contribution in [0, 0.1) is 5.41 Å². The van der Waals surface area contributed by atoms with Crippen LogP contribution in [0.15, 0.2) is 0 Å². The van der Waals surface area contributed by atoms with E-state index in [0.29, 0.717) is 12.8 Å². The van der Waals surface area contributed by atoms with Gasteiger partial charge in [-0.25, -0.2) is 0 Å². The summed E-state index contributed by atoms with van der Waals surface area (Å²) in [4.78, 5) is 20.8. The van der Waals surface area contributed by atoms with E-state index in [1.54, 1.807) is 0 Å². The molecule has 1 rings (SSSR count). The topological polar surface area (TPSA) is 74.6 Å². The van der Waals surface area contributed by atoms with E-state index >= 15 is 0 Å². The zero-order valence-electron chi connectivity index (χ0n) is 6.04. The Morgan fingerprint density at radius 1 is 1.27 bits per heavy atom. The maximum Gasteiger partial charge on any atom is 0.310 e. The lowest BCUT2D eigenvalue weighted by molar-refractivity contribution is -0.161. The van der Waals surface area contributed by atoms with Crippen LogP contribution >= 0.6 is 0 Å². The zero-order chi connectivity index (χ0) is 8.48. The molecule has 0 aliphatic heterocycles. The third kappa shape index (κ3) is 1.34. The lowest BCUT2D eigenvalue weighted by Gasteiger charge is -2.35. The van der Waals surface area contributed by atoms with Gasteiger partial charge in [0.25, 0.3) is 0 Å². The number of carbonyl (C=O) groups is 2. The highest BCUT2D eigenvalue weighted by molar-refractivity contribution is 5.82. The minimum absolute atomic E-state index is 0.234. The predicted octanol–water partition coefficient (Wildman–Crippen LogP) is 0.716. The summed E-state index contributed by atoms with van der Waals surface area (Å²) in [7, 11) is 0. The van der Waals surface area contributed by atoms with Gasteiger partial charge in [-0.05, 0) is 12.8 Å². The van der Waals surface area contributed by atoms with Gasteiger partial charge >= 0.3 is 11.9 Å². The minimum Gasteiger partial charge on any atom is -0.481 e. The third-order valence-electron chi connectivity index (χ3n) is 2.25. The van der Waals surface area contributed by atoms with Gasteiger partial charge in [0.2, 0.25) is 0 Å². The molecule has 0 spiro atoms. The van der Waals surface area contributed by atoms with Crippen LogP contribution in [0.2, 0.25) is 0 Å². The minimum atomic E-state index is -1.02. The summed E-state index contributed by atoms with van der Waals surface area (Å²) in [5.41, 5.74) is -0.939. The van der Waals surface area contributed by atoms with E-state index in [-0.39, 0.29) is 6.42 Å². The Kier molecular flexibility index (Phi) is 1.85. The molecule has 4 heteroatoms. The van der Waals surface area contributed by atoms with E-state index in [0.717, 1.165) is 6.42 Å². The van der Waals surface area contributed by atoms with Crippen molar-refractivity contribution in [3.63, 3.8) is 0 Å². The molecule has 1 saturated carbocycles.